The fraction of sp³-hybridized carbons (Fsp3) is 0.809. The number of hydrogen-bond acceptors (Lipinski definition) is 6. The van der Waals surface area contributed by atoms with E-state index in [9.17, 15) is 14.4 Å². The van der Waals surface area contributed by atoms with Crippen molar-refractivity contribution in [2.75, 3.05) is 13.2 Å². The van der Waals surface area contributed by atoms with Gasteiger partial charge < -0.3 is 14.2 Å². The fourth-order valence-corrected chi connectivity index (χ4v) is 6.16. The summed E-state index contributed by atoms with van der Waals surface area (Å²) in [6.45, 7) is 6.51. The van der Waals surface area contributed by atoms with Crippen molar-refractivity contribution in [3.63, 3.8) is 0 Å². The molecule has 0 bridgehead atoms. The first-order valence-electron chi connectivity index (χ1n) is 22.5. The first-order valence-corrected chi connectivity index (χ1v) is 22.5. The van der Waals surface area contributed by atoms with Gasteiger partial charge in [-0.05, 0) is 57.8 Å². The van der Waals surface area contributed by atoms with Crippen molar-refractivity contribution in [3.05, 3.63) is 36.5 Å². The molecule has 6 nitrogen and oxygen atoms in total. The summed E-state index contributed by atoms with van der Waals surface area (Å²) in [4.78, 5) is 37.6. The molecular weight excluding hydrogens is 661 g/mol. The molecule has 0 aliphatic rings. The molecule has 0 amide bonds. The molecule has 0 rings (SSSR count). The quantitative estimate of drug-likeness (QED) is 0.0204. The van der Waals surface area contributed by atoms with Crippen molar-refractivity contribution in [1.82, 2.24) is 0 Å². The topological polar surface area (TPSA) is 78.9 Å². The fourth-order valence-electron chi connectivity index (χ4n) is 6.16. The number of esters is 3. The van der Waals surface area contributed by atoms with Crippen LogP contribution in [0, 0.1) is 0 Å². The van der Waals surface area contributed by atoms with E-state index in [1.54, 1.807) is 0 Å². The maximum atomic E-state index is 12.7. The molecule has 6 heteroatoms. The van der Waals surface area contributed by atoms with Gasteiger partial charge in [0.1, 0.15) is 13.2 Å². The first-order chi connectivity index (χ1) is 26.0. The molecule has 0 saturated heterocycles. The summed E-state index contributed by atoms with van der Waals surface area (Å²) in [5.74, 6) is -0.921. The van der Waals surface area contributed by atoms with Crippen LogP contribution in [0.2, 0.25) is 0 Å². The largest absolute Gasteiger partial charge is 0.462 e. The Morgan fingerprint density at radius 2 is 0.698 bits per heavy atom. The van der Waals surface area contributed by atoms with Crippen LogP contribution in [0.15, 0.2) is 36.5 Å². The number of hydrogen-bond donors (Lipinski definition) is 0. The highest BCUT2D eigenvalue weighted by atomic mass is 16.6. The van der Waals surface area contributed by atoms with Crippen molar-refractivity contribution in [1.29, 1.82) is 0 Å². The normalized spacial score (nSPS) is 12.3. The van der Waals surface area contributed by atoms with Crippen LogP contribution in [0.1, 0.15) is 226 Å². The lowest BCUT2D eigenvalue weighted by molar-refractivity contribution is -0.167. The summed E-state index contributed by atoms with van der Waals surface area (Å²) < 4.78 is 16.7. The standard InChI is InChI=1S/C47H84O6/c1-4-7-10-13-16-19-22-23-26-28-31-34-37-40-46(49)52-43-44(53-47(50)41-38-35-32-29-25-21-18-15-12-9-6-3)42-51-45(48)39-36-33-30-27-24-20-17-14-11-8-5-2/h14-15,17-18,21,25,44H,4-13,16,19-20,22-24,26-43H2,1-3H3/b17-14-,18-15-,25-21-. The van der Waals surface area contributed by atoms with Crippen molar-refractivity contribution < 1.29 is 28.6 Å². The Kier molecular flexibility index (Phi) is 40.5. The SMILES string of the molecule is CCCC/C=C\C=C/CCCCCC(=O)OC(COC(=O)CCCCCCC/C=C\CCCC)COC(=O)CCCCCCCCCCCCCCC. The molecule has 0 aromatic rings. The molecule has 0 radical (unpaired) electrons. The second-order valence-electron chi connectivity index (χ2n) is 15.0. The lowest BCUT2D eigenvalue weighted by Gasteiger charge is -2.18. The molecule has 1 atom stereocenters. The molecule has 0 fully saturated rings. The molecular formula is C47H84O6. The van der Waals surface area contributed by atoms with Crippen LogP contribution < -0.4 is 0 Å². The molecule has 0 saturated carbocycles. The monoisotopic (exact) mass is 745 g/mol. The molecule has 1 unspecified atom stereocenters. The van der Waals surface area contributed by atoms with E-state index in [0.717, 1.165) is 77.0 Å². The van der Waals surface area contributed by atoms with Gasteiger partial charge in [-0.3, -0.25) is 14.4 Å². The zero-order valence-corrected chi connectivity index (χ0v) is 35.0. The van der Waals surface area contributed by atoms with Crippen molar-refractivity contribution in [3.8, 4) is 0 Å². The molecule has 308 valence electrons. The molecule has 0 aromatic carbocycles. The van der Waals surface area contributed by atoms with E-state index in [-0.39, 0.29) is 31.1 Å². The lowest BCUT2D eigenvalue weighted by atomic mass is 10.0. The summed E-state index contributed by atoms with van der Waals surface area (Å²) in [5.41, 5.74) is 0. The second kappa shape index (κ2) is 42.4. The van der Waals surface area contributed by atoms with Gasteiger partial charge >= 0.3 is 17.9 Å². The maximum absolute atomic E-state index is 12.7. The third-order valence-corrected chi connectivity index (χ3v) is 9.65. The first kappa shape index (κ1) is 50.6. The van der Waals surface area contributed by atoms with Gasteiger partial charge in [-0.15, -0.1) is 0 Å². The lowest BCUT2D eigenvalue weighted by Crippen LogP contribution is -2.30. The minimum Gasteiger partial charge on any atom is -0.462 e. The Hall–Kier alpha value is -2.37. The number of allylic oxidation sites excluding steroid dienone is 6. The smallest absolute Gasteiger partial charge is 0.306 e. The van der Waals surface area contributed by atoms with Crippen molar-refractivity contribution in [2.24, 2.45) is 0 Å². The molecule has 0 aliphatic carbocycles. The number of rotatable bonds is 40. The molecule has 0 heterocycles. The van der Waals surface area contributed by atoms with E-state index in [0.29, 0.717) is 19.3 Å². The number of carbonyl (C=O) groups excluding carboxylic acids is 3. The maximum Gasteiger partial charge on any atom is 0.306 e. The Bertz CT molecular complexity index is 907. The highest BCUT2D eigenvalue weighted by molar-refractivity contribution is 5.71. The zero-order chi connectivity index (χ0) is 38.7. The van der Waals surface area contributed by atoms with Crippen LogP contribution in [-0.4, -0.2) is 37.2 Å². The number of ether oxygens (including phenoxy) is 3. The summed E-state index contributed by atoms with van der Waals surface area (Å²) in [6.07, 6.45) is 47.0. The third kappa shape index (κ3) is 40.6. The van der Waals surface area contributed by atoms with Gasteiger partial charge in [0.2, 0.25) is 0 Å². The van der Waals surface area contributed by atoms with E-state index in [4.69, 9.17) is 14.2 Å². The van der Waals surface area contributed by atoms with E-state index in [1.807, 2.05) is 0 Å². The van der Waals surface area contributed by atoms with Gasteiger partial charge in [-0.25, -0.2) is 0 Å². The van der Waals surface area contributed by atoms with Crippen molar-refractivity contribution >= 4 is 17.9 Å². The van der Waals surface area contributed by atoms with Crippen LogP contribution in [0.4, 0.5) is 0 Å². The van der Waals surface area contributed by atoms with E-state index in [2.05, 4.69) is 57.2 Å². The van der Waals surface area contributed by atoms with E-state index >= 15 is 0 Å². The van der Waals surface area contributed by atoms with Gasteiger partial charge in [0.25, 0.3) is 0 Å². The van der Waals surface area contributed by atoms with Crippen LogP contribution in [0.3, 0.4) is 0 Å². The van der Waals surface area contributed by atoms with E-state index < -0.39 is 6.10 Å². The summed E-state index contributed by atoms with van der Waals surface area (Å²) >= 11 is 0. The zero-order valence-electron chi connectivity index (χ0n) is 35.0. The van der Waals surface area contributed by atoms with Gasteiger partial charge in [0, 0.05) is 19.3 Å². The molecule has 0 aromatic heterocycles. The molecule has 0 aliphatic heterocycles. The van der Waals surface area contributed by atoms with Gasteiger partial charge in [0.05, 0.1) is 0 Å². The predicted octanol–water partition coefficient (Wildman–Crippen LogP) is 14.2. The van der Waals surface area contributed by atoms with Gasteiger partial charge in [-0.2, -0.15) is 0 Å². The third-order valence-electron chi connectivity index (χ3n) is 9.65. The van der Waals surface area contributed by atoms with Crippen LogP contribution in [0.25, 0.3) is 0 Å². The molecule has 0 N–H and O–H groups in total. The van der Waals surface area contributed by atoms with Crippen LogP contribution in [-0.2, 0) is 28.6 Å². The highest BCUT2D eigenvalue weighted by Crippen LogP contribution is 2.14. The average molecular weight is 745 g/mol. The minimum atomic E-state index is -0.783. The Morgan fingerprint density at radius 3 is 1.15 bits per heavy atom. The Labute approximate surface area is 327 Å². The predicted molar refractivity (Wildman–Crippen MR) is 224 cm³/mol. The Morgan fingerprint density at radius 1 is 0.377 bits per heavy atom. The van der Waals surface area contributed by atoms with Crippen molar-refractivity contribution in [2.45, 2.75) is 232 Å². The summed E-state index contributed by atoms with van der Waals surface area (Å²) in [7, 11) is 0. The molecule has 53 heavy (non-hydrogen) atoms. The van der Waals surface area contributed by atoms with Crippen LogP contribution >= 0.6 is 0 Å². The number of unbranched alkanes of at least 4 members (excludes halogenated alkanes) is 24. The summed E-state index contributed by atoms with van der Waals surface area (Å²) in [5, 5.41) is 0. The Balaban J connectivity index is 4.40. The summed E-state index contributed by atoms with van der Waals surface area (Å²) in [6, 6.07) is 0. The van der Waals surface area contributed by atoms with Crippen LogP contribution in [0.5, 0.6) is 0 Å². The minimum absolute atomic E-state index is 0.0836. The second-order valence-corrected chi connectivity index (χ2v) is 15.0. The average Bonchev–Trinajstić information content (AvgIpc) is 3.15. The van der Waals surface area contributed by atoms with Gasteiger partial charge in [-0.1, -0.05) is 186 Å². The number of carbonyl (C=O) groups is 3. The van der Waals surface area contributed by atoms with Gasteiger partial charge in [0.15, 0.2) is 6.10 Å². The molecule has 0 spiro atoms. The van der Waals surface area contributed by atoms with E-state index in [1.165, 1.54) is 109 Å². The highest BCUT2D eigenvalue weighted by Gasteiger charge is 2.19.